The van der Waals surface area contributed by atoms with E-state index in [1.807, 2.05) is 48.5 Å². The van der Waals surface area contributed by atoms with Crippen molar-refractivity contribution in [1.82, 2.24) is 15.6 Å². The lowest BCUT2D eigenvalue weighted by molar-refractivity contribution is -0.121. The van der Waals surface area contributed by atoms with Gasteiger partial charge in [0.05, 0.1) is 16.8 Å². The second-order valence-electron chi connectivity index (χ2n) is 13.7. The number of benzene rings is 3. The van der Waals surface area contributed by atoms with Crippen LogP contribution in [-0.4, -0.2) is 36.4 Å². The fourth-order valence-corrected chi connectivity index (χ4v) is 6.96. The van der Waals surface area contributed by atoms with Crippen LogP contribution in [-0.2, 0) is 17.6 Å². The molecule has 7 nitrogen and oxygen atoms in total. The highest BCUT2D eigenvalue weighted by Gasteiger charge is 2.18. The number of unbranched alkanes of at least 4 members (excludes halogenated alkanes) is 7. The zero-order chi connectivity index (χ0) is 35.1. The van der Waals surface area contributed by atoms with Crippen LogP contribution >= 0.6 is 11.6 Å². The van der Waals surface area contributed by atoms with E-state index in [0.717, 1.165) is 86.4 Å². The molecule has 0 unspecified atom stereocenters. The second-order valence-corrected chi connectivity index (χ2v) is 14.1. The standard InChI is InChI=1S/C42H54ClN5O2/c1-30-17-16-22-36(31(30)2)47-38-21-12-10-19-35(38)42(50)46-28-15-7-8-23-40(49)44-26-13-5-3-4-6-14-27-45-41-33-18-9-11-20-37(33)48-39-29-32(43)24-25-34(39)41/h10,12,16-17,19,21-22,24-25,29,47H,3-9,11,13-15,18,20,23,26-28H2,1-2H3,(H,44,49)(H,45,48)(H,46,50). The molecule has 50 heavy (non-hydrogen) atoms. The number of hydrogen-bond donors (Lipinski definition) is 4. The number of fused-ring (bicyclic) bond motifs is 2. The minimum Gasteiger partial charge on any atom is -0.384 e. The maximum absolute atomic E-state index is 12.9. The minimum absolute atomic E-state index is 0.0872. The van der Waals surface area contributed by atoms with Gasteiger partial charge in [-0.15, -0.1) is 0 Å². The van der Waals surface area contributed by atoms with E-state index in [-0.39, 0.29) is 11.8 Å². The van der Waals surface area contributed by atoms with Gasteiger partial charge in [-0.05, 0) is 118 Å². The van der Waals surface area contributed by atoms with Gasteiger partial charge >= 0.3 is 0 Å². The lowest BCUT2D eigenvalue weighted by Gasteiger charge is -2.22. The lowest BCUT2D eigenvalue weighted by Crippen LogP contribution is -2.25. The Labute approximate surface area is 303 Å². The van der Waals surface area contributed by atoms with Crippen LogP contribution in [0.25, 0.3) is 10.9 Å². The number of para-hydroxylation sites is 1. The molecular formula is C42H54ClN5O2. The van der Waals surface area contributed by atoms with Crippen molar-refractivity contribution in [2.45, 2.75) is 104 Å². The Morgan fingerprint density at radius 1 is 0.740 bits per heavy atom. The summed E-state index contributed by atoms with van der Waals surface area (Å²) in [5.41, 5.74) is 9.70. The van der Waals surface area contributed by atoms with Crippen molar-refractivity contribution in [3.63, 3.8) is 0 Å². The van der Waals surface area contributed by atoms with Crippen molar-refractivity contribution in [1.29, 1.82) is 0 Å². The van der Waals surface area contributed by atoms with Crippen LogP contribution in [0.3, 0.4) is 0 Å². The first kappa shape index (κ1) is 37.2. The summed E-state index contributed by atoms with van der Waals surface area (Å²) in [5, 5.41) is 15.2. The normalized spacial score (nSPS) is 12.4. The molecule has 0 saturated heterocycles. The molecule has 1 aromatic heterocycles. The number of carbonyl (C=O) groups excluding carboxylic acids is 2. The summed E-state index contributed by atoms with van der Waals surface area (Å²) in [7, 11) is 0. The predicted molar refractivity (Wildman–Crippen MR) is 209 cm³/mol. The summed E-state index contributed by atoms with van der Waals surface area (Å²) in [4.78, 5) is 30.2. The number of amides is 2. The third-order valence-corrected chi connectivity index (χ3v) is 10.1. The van der Waals surface area contributed by atoms with Gasteiger partial charge in [-0.1, -0.05) is 68.0 Å². The van der Waals surface area contributed by atoms with Crippen LogP contribution in [0.2, 0.25) is 5.02 Å². The molecule has 4 aromatic rings. The second kappa shape index (κ2) is 19.3. The van der Waals surface area contributed by atoms with Crippen LogP contribution < -0.4 is 21.3 Å². The van der Waals surface area contributed by atoms with Crippen molar-refractivity contribution in [3.8, 4) is 0 Å². The lowest BCUT2D eigenvalue weighted by atomic mass is 9.92. The fourth-order valence-electron chi connectivity index (χ4n) is 6.79. The molecular weight excluding hydrogens is 642 g/mol. The summed E-state index contributed by atoms with van der Waals surface area (Å²) in [6.45, 7) is 6.47. The average Bonchev–Trinajstić information content (AvgIpc) is 3.12. The molecule has 0 fully saturated rings. The molecule has 0 spiro atoms. The van der Waals surface area contributed by atoms with Gasteiger partial charge in [0.15, 0.2) is 0 Å². The highest BCUT2D eigenvalue weighted by atomic mass is 35.5. The predicted octanol–water partition coefficient (Wildman–Crippen LogP) is 9.99. The van der Waals surface area contributed by atoms with Gasteiger partial charge in [0.2, 0.25) is 5.91 Å². The van der Waals surface area contributed by atoms with E-state index in [4.69, 9.17) is 16.6 Å². The van der Waals surface area contributed by atoms with Crippen molar-refractivity contribution >= 4 is 51.4 Å². The molecule has 8 heteroatoms. The van der Waals surface area contributed by atoms with E-state index in [2.05, 4.69) is 47.2 Å². The number of anilines is 3. The van der Waals surface area contributed by atoms with E-state index < -0.39 is 0 Å². The minimum atomic E-state index is -0.0872. The van der Waals surface area contributed by atoms with Crippen LogP contribution in [0.5, 0.6) is 0 Å². The number of carbonyl (C=O) groups is 2. The molecule has 2 amide bonds. The molecule has 5 rings (SSSR count). The largest absolute Gasteiger partial charge is 0.384 e. The Bertz CT molecular complexity index is 1740. The summed E-state index contributed by atoms with van der Waals surface area (Å²) >= 11 is 6.27. The number of aromatic nitrogens is 1. The molecule has 1 heterocycles. The number of hydrogen-bond acceptors (Lipinski definition) is 5. The summed E-state index contributed by atoms with van der Waals surface area (Å²) in [6, 6.07) is 19.8. The zero-order valence-corrected chi connectivity index (χ0v) is 30.7. The van der Waals surface area contributed by atoms with Crippen molar-refractivity contribution in [3.05, 3.63) is 93.6 Å². The number of halogens is 1. The van der Waals surface area contributed by atoms with Gasteiger partial charge in [-0.2, -0.15) is 0 Å². The van der Waals surface area contributed by atoms with Crippen LogP contribution in [0, 0.1) is 13.8 Å². The van der Waals surface area contributed by atoms with E-state index >= 15 is 0 Å². The first-order chi connectivity index (χ1) is 24.4. The van der Waals surface area contributed by atoms with Crippen molar-refractivity contribution < 1.29 is 9.59 Å². The summed E-state index contributed by atoms with van der Waals surface area (Å²) < 4.78 is 0. The van der Waals surface area contributed by atoms with Crippen molar-refractivity contribution in [2.24, 2.45) is 0 Å². The zero-order valence-electron chi connectivity index (χ0n) is 29.9. The van der Waals surface area contributed by atoms with E-state index in [1.165, 1.54) is 65.6 Å². The Hall–Kier alpha value is -4.10. The highest BCUT2D eigenvalue weighted by molar-refractivity contribution is 6.31. The number of nitrogens with one attached hydrogen (secondary N) is 4. The smallest absolute Gasteiger partial charge is 0.253 e. The average molecular weight is 696 g/mol. The molecule has 0 radical (unpaired) electrons. The van der Waals surface area contributed by atoms with E-state index in [9.17, 15) is 9.59 Å². The van der Waals surface area contributed by atoms with E-state index in [0.29, 0.717) is 18.5 Å². The molecule has 1 aliphatic rings. The van der Waals surface area contributed by atoms with Gasteiger partial charge in [0, 0.05) is 53.5 Å². The first-order valence-corrected chi connectivity index (χ1v) is 19.1. The van der Waals surface area contributed by atoms with Crippen LogP contribution in [0.4, 0.5) is 17.1 Å². The molecule has 266 valence electrons. The van der Waals surface area contributed by atoms with E-state index in [1.54, 1.807) is 0 Å². The Kier molecular flexibility index (Phi) is 14.4. The van der Waals surface area contributed by atoms with Crippen molar-refractivity contribution in [2.75, 3.05) is 30.3 Å². The Morgan fingerprint density at radius 3 is 2.28 bits per heavy atom. The molecule has 4 N–H and O–H groups in total. The third-order valence-electron chi connectivity index (χ3n) is 9.86. The summed E-state index contributed by atoms with van der Waals surface area (Å²) in [5.74, 6) is 0.0375. The fraction of sp³-hybridized carbons (Fsp3) is 0.452. The topological polar surface area (TPSA) is 95.2 Å². The van der Waals surface area contributed by atoms with Gasteiger partial charge in [0.25, 0.3) is 5.91 Å². The highest BCUT2D eigenvalue weighted by Crippen LogP contribution is 2.34. The third kappa shape index (κ3) is 10.7. The molecule has 3 aromatic carbocycles. The molecule has 0 aliphatic heterocycles. The van der Waals surface area contributed by atoms with Gasteiger partial charge in [-0.3, -0.25) is 14.6 Å². The SMILES string of the molecule is Cc1cccc(Nc2ccccc2C(=O)NCCCCCC(=O)NCCCCCCCCNc2c3c(nc4cc(Cl)ccc24)CCCC3)c1C. The van der Waals surface area contributed by atoms with Gasteiger partial charge < -0.3 is 21.3 Å². The molecule has 1 aliphatic carbocycles. The number of aryl methyl sites for hydroxylation is 2. The Morgan fingerprint density at radius 2 is 1.44 bits per heavy atom. The molecule has 0 saturated carbocycles. The van der Waals surface area contributed by atoms with Crippen LogP contribution in [0.15, 0.2) is 60.7 Å². The maximum atomic E-state index is 12.9. The monoisotopic (exact) mass is 695 g/mol. The number of rotatable bonds is 19. The molecule has 0 bridgehead atoms. The number of pyridine rings is 1. The number of nitrogens with zero attached hydrogens (tertiary/aromatic N) is 1. The summed E-state index contributed by atoms with van der Waals surface area (Å²) in [6.07, 6.45) is 14.6. The van der Waals surface area contributed by atoms with Gasteiger partial charge in [-0.25, -0.2) is 0 Å². The van der Waals surface area contributed by atoms with Crippen LogP contribution in [0.1, 0.15) is 110 Å². The molecule has 0 atom stereocenters. The quantitative estimate of drug-likeness (QED) is 0.0733. The maximum Gasteiger partial charge on any atom is 0.253 e. The first-order valence-electron chi connectivity index (χ1n) is 18.7. The Balaban J connectivity index is 0.880. The van der Waals surface area contributed by atoms with Gasteiger partial charge in [0.1, 0.15) is 0 Å².